The summed E-state index contributed by atoms with van der Waals surface area (Å²) in [5.74, 6) is -0.873. The van der Waals surface area contributed by atoms with E-state index in [1.165, 1.54) is 12.1 Å². The molecule has 1 N–H and O–H groups in total. The highest BCUT2D eigenvalue weighted by Crippen LogP contribution is 2.20. The van der Waals surface area contributed by atoms with E-state index in [0.29, 0.717) is 4.47 Å². The van der Waals surface area contributed by atoms with E-state index in [9.17, 15) is 9.18 Å². The molecule has 1 aliphatic rings. The summed E-state index contributed by atoms with van der Waals surface area (Å²) in [7, 11) is 0. The summed E-state index contributed by atoms with van der Waals surface area (Å²) in [6, 6.07) is 4.03. The second kappa shape index (κ2) is 5.60. The van der Waals surface area contributed by atoms with E-state index in [2.05, 4.69) is 21.4 Å². The summed E-state index contributed by atoms with van der Waals surface area (Å²) >= 11 is 3.14. The van der Waals surface area contributed by atoms with Gasteiger partial charge in [0.15, 0.2) is 0 Å². The first-order valence-electron chi connectivity index (χ1n) is 5.57. The van der Waals surface area contributed by atoms with Crippen LogP contribution in [0.25, 0.3) is 0 Å². The minimum atomic E-state index is -0.453. The van der Waals surface area contributed by atoms with Gasteiger partial charge in [-0.05, 0) is 31.0 Å². The largest absolute Gasteiger partial charge is 0.274 e. The number of benzene rings is 1. The van der Waals surface area contributed by atoms with Gasteiger partial charge in [-0.2, -0.15) is 0 Å². The highest BCUT2D eigenvalue weighted by Gasteiger charge is 2.17. The summed E-state index contributed by atoms with van der Waals surface area (Å²) in [5.41, 5.74) is 2.61. The average Bonchev–Trinajstić information content (AvgIpc) is 2.77. The van der Waals surface area contributed by atoms with E-state index in [-0.39, 0.29) is 11.7 Å². The molecular weight excluding hydrogens is 289 g/mol. The molecule has 1 aliphatic carbocycles. The van der Waals surface area contributed by atoms with Crippen LogP contribution in [0.3, 0.4) is 0 Å². The van der Waals surface area contributed by atoms with Crippen molar-refractivity contribution in [3.63, 3.8) is 0 Å². The zero-order valence-electron chi connectivity index (χ0n) is 9.21. The minimum Gasteiger partial charge on any atom is -0.270 e. The van der Waals surface area contributed by atoms with Crippen molar-refractivity contribution in [2.75, 3.05) is 0 Å². The Morgan fingerprint density at radius 3 is 2.71 bits per heavy atom. The van der Waals surface area contributed by atoms with Gasteiger partial charge in [-0.25, -0.2) is 9.87 Å². The Kier molecular flexibility index (Phi) is 4.12. The molecule has 0 heterocycles. The average molecular weight is 302 g/mol. The van der Waals surface area contributed by atoms with Crippen LogP contribution in [0.1, 0.15) is 36.0 Å². The number of hydroxylamine groups is 1. The van der Waals surface area contributed by atoms with Crippen molar-refractivity contribution >= 4 is 21.8 Å². The predicted octanol–water partition coefficient (Wildman–Crippen LogP) is 3.19. The van der Waals surface area contributed by atoms with Crippen LogP contribution >= 0.6 is 15.9 Å². The van der Waals surface area contributed by atoms with E-state index in [1.54, 1.807) is 6.07 Å². The fourth-order valence-corrected chi connectivity index (χ4v) is 2.35. The fraction of sp³-hybridized carbons (Fsp3) is 0.417. The molecule has 0 aromatic heterocycles. The Balaban J connectivity index is 1.94. The minimum absolute atomic E-state index is 0.0935. The highest BCUT2D eigenvalue weighted by atomic mass is 79.9. The molecule has 92 valence electrons. The molecule has 0 atom stereocenters. The molecule has 2 rings (SSSR count). The van der Waals surface area contributed by atoms with E-state index >= 15 is 0 Å². The van der Waals surface area contributed by atoms with Crippen molar-refractivity contribution < 1.29 is 14.0 Å². The van der Waals surface area contributed by atoms with Crippen molar-refractivity contribution in [1.29, 1.82) is 0 Å². The molecule has 1 fully saturated rings. The summed E-state index contributed by atoms with van der Waals surface area (Å²) in [5, 5.41) is 0. The van der Waals surface area contributed by atoms with Gasteiger partial charge in [0.2, 0.25) is 0 Å². The topological polar surface area (TPSA) is 38.3 Å². The lowest BCUT2D eigenvalue weighted by atomic mass is 10.2. The number of nitrogens with one attached hydrogen (secondary N) is 1. The summed E-state index contributed by atoms with van der Waals surface area (Å²) in [4.78, 5) is 16.9. The van der Waals surface area contributed by atoms with Crippen LogP contribution in [0, 0.1) is 5.82 Å². The molecular formula is C12H13BrFNO2. The van der Waals surface area contributed by atoms with Gasteiger partial charge in [0.25, 0.3) is 5.91 Å². The maximum Gasteiger partial charge on any atom is 0.274 e. The van der Waals surface area contributed by atoms with Gasteiger partial charge in [-0.15, -0.1) is 0 Å². The number of carbonyl (C=O) groups is 1. The number of carbonyl (C=O) groups excluding carboxylic acids is 1. The van der Waals surface area contributed by atoms with Crippen molar-refractivity contribution in [2.45, 2.75) is 31.8 Å². The van der Waals surface area contributed by atoms with Crippen LogP contribution in [0.4, 0.5) is 4.39 Å². The molecule has 1 aromatic rings. The Morgan fingerprint density at radius 2 is 2.06 bits per heavy atom. The molecule has 1 saturated carbocycles. The first-order chi connectivity index (χ1) is 8.15. The van der Waals surface area contributed by atoms with Crippen molar-refractivity contribution in [1.82, 2.24) is 5.48 Å². The molecule has 0 bridgehead atoms. The zero-order valence-corrected chi connectivity index (χ0v) is 10.8. The Bertz CT molecular complexity index is 399. The molecule has 0 aliphatic heterocycles. The van der Waals surface area contributed by atoms with Crippen LogP contribution < -0.4 is 5.48 Å². The van der Waals surface area contributed by atoms with Crippen LogP contribution in [0.2, 0.25) is 0 Å². The van der Waals surface area contributed by atoms with E-state index in [4.69, 9.17) is 4.84 Å². The molecule has 0 radical (unpaired) electrons. The molecule has 3 nitrogen and oxygen atoms in total. The van der Waals surface area contributed by atoms with E-state index in [0.717, 1.165) is 25.7 Å². The molecule has 5 heteroatoms. The Morgan fingerprint density at radius 1 is 1.35 bits per heavy atom. The normalized spacial score (nSPS) is 16.1. The Hall–Kier alpha value is -0.940. The van der Waals surface area contributed by atoms with Gasteiger partial charge in [0.1, 0.15) is 5.82 Å². The lowest BCUT2D eigenvalue weighted by Crippen LogP contribution is -2.28. The molecule has 17 heavy (non-hydrogen) atoms. The third kappa shape index (κ3) is 3.51. The van der Waals surface area contributed by atoms with Crippen LogP contribution in [-0.2, 0) is 4.84 Å². The Labute approximate surface area is 107 Å². The molecule has 0 unspecified atom stereocenters. The SMILES string of the molecule is O=C(NOC1CCCC1)c1cc(F)cc(Br)c1. The standard InChI is InChI=1S/C12H13BrFNO2/c13-9-5-8(6-10(14)7-9)12(16)15-17-11-3-1-2-4-11/h5-7,11H,1-4H2,(H,15,16). The lowest BCUT2D eigenvalue weighted by molar-refractivity contribution is -0.0125. The fourth-order valence-electron chi connectivity index (χ4n) is 1.89. The maximum absolute atomic E-state index is 13.1. The maximum atomic E-state index is 13.1. The van der Waals surface area contributed by atoms with Gasteiger partial charge in [-0.3, -0.25) is 9.63 Å². The van der Waals surface area contributed by atoms with Gasteiger partial charge in [0.05, 0.1) is 6.10 Å². The van der Waals surface area contributed by atoms with Crippen molar-refractivity contribution in [3.05, 3.63) is 34.1 Å². The van der Waals surface area contributed by atoms with E-state index < -0.39 is 11.7 Å². The summed E-state index contributed by atoms with van der Waals surface area (Å²) in [6.45, 7) is 0. The highest BCUT2D eigenvalue weighted by molar-refractivity contribution is 9.10. The van der Waals surface area contributed by atoms with Crippen LogP contribution in [0.15, 0.2) is 22.7 Å². The van der Waals surface area contributed by atoms with Gasteiger partial charge in [-0.1, -0.05) is 28.8 Å². The molecule has 1 aromatic carbocycles. The lowest BCUT2D eigenvalue weighted by Gasteiger charge is -2.11. The third-order valence-corrected chi connectivity index (χ3v) is 3.20. The second-order valence-corrected chi connectivity index (χ2v) is 5.03. The van der Waals surface area contributed by atoms with Crippen molar-refractivity contribution in [3.8, 4) is 0 Å². The van der Waals surface area contributed by atoms with Gasteiger partial charge >= 0.3 is 0 Å². The number of hydrogen-bond acceptors (Lipinski definition) is 2. The van der Waals surface area contributed by atoms with Crippen molar-refractivity contribution in [2.24, 2.45) is 0 Å². The van der Waals surface area contributed by atoms with Crippen LogP contribution in [-0.4, -0.2) is 12.0 Å². The third-order valence-electron chi connectivity index (χ3n) is 2.75. The monoisotopic (exact) mass is 301 g/mol. The van der Waals surface area contributed by atoms with Gasteiger partial charge in [0, 0.05) is 10.0 Å². The second-order valence-electron chi connectivity index (χ2n) is 4.11. The smallest absolute Gasteiger partial charge is 0.270 e. The van der Waals surface area contributed by atoms with Gasteiger partial charge < -0.3 is 0 Å². The quantitative estimate of drug-likeness (QED) is 0.871. The summed E-state index contributed by atoms with van der Waals surface area (Å²) in [6.07, 6.45) is 4.29. The first kappa shape index (κ1) is 12.5. The predicted molar refractivity (Wildman–Crippen MR) is 64.9 cm³/mol. The molecule has 0 spiro atoms. The molecule has 0 saturated heterocycles. The number of hydrogen-bond donors (Lipinski definition) is 1. The first-order valence-corrected chi connectivity index (χ1v) is 6.36. The number of halogens is 2. The number of rotatable bonds is 3. The zero-order chi connectivity index (χ0) is 12.3. The van der Waals surface area contributed by atoms with E-state index in [1.807, 2.05) is 0 Å². The number of amides is 1. The van der Waals surface area contributed by atoms with Crippen LogP contribution in [0.5, 0.6) is 0 Å². The summed E-state index contributed by atoms with van der Waals surface area (Å²) < 4.78 is 13.6. The molecule has 1 amide bonds.